The number of carbonyl (C=O) groups is 2. The average Bonchev–Trinajstić information content (AvgIpc) is 3.04. The first-order chi connectivity index (χ1) is 15.5. The predicted molar refractivity (Wildman–Crippen MR) is 124 cm³/mol. The molecule has 1 fully saturated rings. The Hall–Kier alpha value is -3.16. The summed E-state index contributed by atoms with van der Waals surface area (Å²) >= 11 is 3.37. The summed E-state index contributed by atoms with van der Waals surface area (Å²) in [5.74, 6) is 0.192. The van der Waals surface area contributed by atoms with Gasteiger partial charge in [-0.25, -0.2) is 4.79 Å². The molecule has 0 radical (unpaired) electrons. The molecular weight excluding hydrogens is 472 g/mol. The highest BCUT2D eigenvalue weighted by Crippen LogP contribution is 2.33. The minimum Gasteiger partial charge on any atom is -0.491 e. The number of halogens is 1. The van der Waals surface area contributed by atoms with Crippen LogP contribution in [0, 0.1) is 0 Å². The van der Waals surface area contributed by atoms with E-state index in [1.54, 1.807) is 12.1 Å². The van der Waals surface area contributed by atoms with E-state index in [9.17, 15) is 14.7 Å². The number of aliphatic hydroxyl groups excluding tert-OH is 1. The van der Waals surface area contributed by atoms with Crippen LogP contribution in [0.1, 0.15) is 11.1 Å². The van der Waals surface area contributed by atoms with Crippen LogP contribution in [0.5, 0.6) is 5.75 Å². The van der Waals surface area contributed by atoms with Gasteiger partial charge in [-0.2, -0.15) is 0 Å². The van der Waals surface area contributed by atoms with Crippen molar-refractivity contribution in [3.63, 3.8) is 0 Å². The summed E-state index contributed by atoms with van der Waals surface area (Å²) in [5.41, 5.74) is 0.389. The highest BCUT2D eigenvalue weighted by Gasteiger charge is 2.52. The fourth-order valence-electron chi connectivity index (χ4n) is 3.85. The van der Waals surface area contributed by atoms with Crippen LogP contribution in [-0.2, 0) is 16.8 Å². The number of rotatable bonds is 8. The van der Waals surface area contributed by atoms with Crippen LogP contribution in [-0.4, -0.2) is 41.2 Å². The van der Waals surface area contributed by atoms with Gasteiger partial charge in [-0.1, -0.05) is 82.7 Å². The molecule has 2 atom stereocenters. The van der Waals surface area contributed by atoms with E-state index in [2.05, 4.69) is 21.2 Å². The Morgan fingerprint density at radius 3 is 2.34 bits per heavy atom. The normalized spacial score (nSPS) is 19.0. The molecule has 4 rings (SSSR count). The molecule has 3 aromatic carbocycles. The summed E-state index contributed by atoms with van der Waals surface area (Å²) in [6.07, 6.45) is -0.726. The molecule has 0 unspecified atom stereocenters. The van der Waals surface area contributed by atoms with Gasteiger partial charge in [0.25, 0.3) is 5.91 Å². The van der Waals surface area contributed by atoms with Gasteiger partial charge in [0, 0.05) is 10.9 Å². The molecule has 1 heterocycles. The van der Waals surface area contributed by atoms with Crippen LogP contribution < -0.4 is 10.1 Å². The topological polar surface area (TPSA) is 78.9 Å². The summed E-state index contributed by atoms with van der Waals surface area (Å²) in [6, 6.07) is 25.5. The van der Waals surface area contributed by atoms with Crippen LogP contribution in [0.4, 0.5) is 4.79 Å². The third-order valence-electron chi connectivity index (χ3n) is 5.39. The number of imide groups is 1. The van der Waals surface area contributed by atoms with Crippen molar-refractivity contribution in [1.29, 1.82) is 0 Å². The number of ether oxygens (including phenoxy) is 1. The smallest absolute Gasteiger partial charge is 0.325 e. The van der Waals surface area contributed by atoms with Crippen molar-refractivity contribution >= 4 is 27.9 Å². The summed E-state index contributed by atoms with van der Waals surface area (Å²) in [4.78, 5) is 27.5. The second kappa shape index (κ2) is 9.54. The number of hydrogen-bond donors (Lipinski definition) is 2. The molecule has 1 saturated heterocycles. The molecule has 1 aliphatic heterocycles. The monoisotopic (exact) mass is 494 g/mol. The standard InChI is InChI=1S/C25H23BrN2O4/c26-20-12-7-13-22(14-20)32-17-21(29)16-28-23(30)25(27-24(28)31,19-10-5-2-6-11-19)15-18-8-3-1-4-9-18/h1-14,21,29H,15-17H2,(H,27,31)/t21-,25+/m0/s1. The highest BCUT2D eigenvalue weighted by molar-refractivity contribution is 9.10. The van der Waals surface area contributed by atoms with E-state index in [1.807, 2.05) is 72.8 Å². The number of amides is 3. The maximum Gasteiger partial charge on any atom is 0.325 e. The van der Waals surface area contributed by atoms with E-state index >= 15 is 0 Å². The van der Waals surface area contributed by atoms with Crippen molar-refractivity contribution < 1.29 is 19.4 Å². The number of carbonyl (C=O) groups excluding carboxylic acids is 2. The number of urea groups is 1. The Morgan fingerprint density at radius 2 is 1.66 bits per heavy atom. The van der Waals surface area contributed by atoms with E-state index in [-0.39, 0.29) is 19.1 Å². The molecule has 0 aliphatic carbocycles. The zero-order valence-corrected chi connectivity index (χ0v) is 18.9. The van der Waals surface area contributed by atoms with Crippen LogP contribution in [0.15, 0.2) is 89.4 Å². The first-order valence-electron chi connectivity index (χ1n) is 10.3. The molecule has 0 spiro atoms. The Morgan fingerprint density at radius 1 is 0.969 bits per heavy atom. The number of aliphatic hydroxyl groups is 1. The van der Waals surface area contributed by atoms with E-state index < -0.39 is 17.7 Å². The van der Waals surface area contributed by atoms with Gasteiger partial charge < -0.3 is 15.2 Å². The summed E-state index contributed by atoms with van der Waals surface area (Å²) in [7, 11) is 0. The van der Waals surface area contributed by atoms with Gasteiger partial charge >= 0.3 is 6.03 Å². The number of benzene rings is 3. The second-order valence-electron chi connectivity index (χ2n) is 7.70. The number of hydrogen-bond acceptors (Lipinski definition) is 4. The van der Waals surface area contributed by atoms with E-state index in [0.717, 1.165) is 14.9 Å². The van der Waals surface area contributed by atoms with Crippen molar-refractivity contribution in [2.24, 2.45) is 0 Å². The van der Waals surface area contributed by atoms with E-state index in [1.165, 1.54) is 0 Å². The Bertz CT molecular complexity index is 1090. The quantitative estimate of drug-likeness (QED) is 0.465. The zero-order valence-electron chi connectivity index (χ0n) is 17.3. The summed E-state index contributed by atoms with van der Waals surface area (Å²) < 4.78 is 6.47. The minimum absolute atomic E-state index is 0.0511. The molecular formula is C25H23BrN2O4. The molecule has 2 N–H and O–H groups in total. The van der Waals surface area contributed by atoms with Crippen molar-refractivity contribution in [1.82, 2.24) is 10.2 Å². The maximum atomic E-state index is 13.6. The van der Waals surface area contributed by atoms with Gasteiger partial charge in [0.1, 0.15) is 18.5 Å². The number of nitrogens with one attached hydrogen (secondary N) is 1. The molecule has 164 valence electrons. The molecule has 32 heavy (non-hydrogen) atoms. The van der Waals surface area contributed by atoms with Crippen LogP contribution in [0.2, 0.25) is 0 Å². The van der Waals surface area contributed by atoms with Crippen molar-refractivity contribution in [2.75, 3.05) is 13.2 Å². The molecule has 0 aromatic heterocycles. The van der Waals surface area contributed by atoms with Crippen molar-refractivity contribution in [3.05, 3.63) is 101 Å². The molecule has 0 bridgehead atoms. The predicted octanol–water partition coefficient (Wildman–Crippen LogP) is 3.88. The first kappa shape index (κ1) is 22.0. The lowest BCUT2D eigenvalue weighted by atomic mass is 9.83. The van der Waals surface area contributed by atoms with Crippen molar-refractivity contribution in [3.8, 4) is 5.75 Å². The number of nitrogens with zero attached hydrogens (tertiary/aromatic N) is 1. The Balaban J connectivity index is 1.53. The van der Waals surface area contributed by atoms with Crippen LogP contribution in [0.3, 0.4) is 0 Å². The second-order valence-corrected chi connectivity index (χ2v) is 8.62. The lowest BCUT2D eigenvalue weighted by Gasteiger charge is -2.28. The lowest BCUT2D eigenvalue weighted by Crippen LogP contribution is -2.46. The minimum atomic E-state index is -1.23. The first-order valence-corrected chi connectivity index (χ1v) is 11.1. The third-order valence-corrected chi connectivity index (χ3v) is 5.88. The molecule has 0 saturated carbocycles. The fourth-order valence-corrected chi connectivity index (χ4v) is 4.23. The summed E-state index contributed by atoms with van der Waals surface area (Å²) in [5, 5.41) is 13.4. The van der Waals surface area contributed by atoms with Crippen molar-refractivity contribution in [2.45, 2.75) is 18.1 Å². The lowest BCUT2D eigenvalue weighted by molar-refractivity contribution is -0.132. The van der Waals surface area contributed by atoms with Gasteiger partial charge in [0.05, 0.1) is 6.54 Å². The molecule has 3 aromatic rings. The van der Waals surface area contributed by atoms with Gasteiger partial charge in [-0.3, -0.25) is 9.69 Å². The highest BCUT2D eigenvalue weighted by atomic mass is 79.9. The van der Waals surface area contributed by atoms with Crippen LogP contribution >= 0.6 is 15.9 Å². The molecule has 6 nitrogen and oxygen atoms in total. The Labute approximate surface area is 195 Å². The molecule has 3 amide bonds. The molecule has 1 aliphatic rings. The van der Waals surface area contributed by atoms with Crippen LogP contribution in [0.25, 0.3) is 0 Å². The SMILES string of the molecule is O=C1N[C@](Cc2ccccc2)(c2ccccc2)C(=O)N1C[C@H](O)COc1cccc(Br)c1. The fraction of sp³-hybridized carbons (Fsp3) is 0.200. The van der Waals surface area contributed by atoms with E-state index in [0.29, 0.717) is 17.7 Å². The van der Waals surface area contributed by atoms with Gasteiger partial charge in [0.15, 0.2) is 5.54 Å². The maximum absolute atomic E-state index is 13.6. The van der Waals surface area contributed by atoms with Gasteiger partial charge in [-0.05, 0) is 29.3 Å². The molecule has 7 heteroatoms. The largest absolute Gasteiger partial charge is 0.491 e. The average molecular weight is 495 g/mol. The summed E-state index contributed by atoms with van der Waals surface area (Å²) in [6.45, 7) is -0.216. The third kappa shape index (κ3) is 4.69. The van der Waals surface area contributed by atoms with Gasteiger partial charge in [-0.15, -0.1) is 0 Å². The Kier molecular flexibility index (Phi) is 6.58. The zero-order chi connectivity index (χ0) is 22.6. The van der Waals surface area contributed by atoms with Gasteiger partial charge in [0.2, 0.25) is 0 Å². The van der Waals surface area contributed by atoms with E-state index in [4.69, 9.17) is 4.74 Å². The number of β-amino-alcohol motifs (C(OH)–C–C–N with tert-alkyl or cyclic N) is 1.